The molecule has 35 valence electrons. The van der Waals surface area contributed by atoms with E-state index < -0.39 is 0 Å². The topological polar surface area (TPSA) is 36.1 Å². The van der Waals surface area contributed by atoms with Crippen LogP contribution in [0.4, 0.5) is 0 Å². The molecular formula is C4H3N2S. The standard InChI is InChI=1S/C4H3N2S/c5-1-4-2-7-3-6-4/h2-4H. The second kappa shape index (κ2) is 1.99. The van der Waals surface area contributed by atoms with Crippen LogP contribution in [0.2, 0.25) is 0 Å². The molecule has 1 radical (unpaired) electrons. The van der Waals surface area contributed by atoms with Crippen LogP contribution < -0.4 is 0 Å². The minimum absolute atomic E-state index is 0.190. The molecule has 0 aromatic rings. The van der Waals surface area contributed by atoms with Crippen LogP contribution in [-0.2, 0) is 0 Å². The maximum absolute atomic E-state index is 8.16. The third-order valence-corrected chi connectivity index (χ3v) is 1.28. The van der Waals surface area contributed by atoms with E-state index in [1.54, 1.807) is 11.3 Å². The Morgan fingerprint density at radius 3 is 3.00 bits per heavy atom. The molecule has 0 N–H and O–H groups in total. The molecular weight excluding hydrogens is 108 g/mol. The van der Waals surface area contributed by atoms with Crippen molar-refractivity contribution in [1.29, 1.82) is 5.26 Å². The summed E-state index contributed by atoms with van der Waals surface area (Å²) in [5.41, 5.74) is 1.67. The Labute approximate surface area is 46.2 Å². The molecule has 0 spiro atoms. The lowest BCUT2D eigenvalue weighted by atomic mass is 10.4. The van der Waals surface area contributed by atoms with Crippen LogP contribution >= 0.6 is 11.8 Å². The van der Waals surface area contributed by atoms with Gasteiger partial charge in [0.15, 0.2) is 6.04 Å². The molecule has 1 aliphatic rings. The van der Waals surface area contributed by atoms with Gasteiger partial charge in [0, 0.05) is 0 Å². The Kier molecular flexibility index (Phi) is 1.32. The Balaban J connectivity index is 2.47. The van der Waals surface area contributed by atoms with E-state index in [1.165, 1.54) is 11.8 Å². The minimum atomic E-state index is -0.190. The molecule has 0 saturated heterocycles. The van der Waals surface area contributed by atoms with Crippen molar-refractivity contribution >= 4 is 17.3 Å². The van der Waals surface area contributed by atoms with Crippen LogP contribution in [-0.4, -0.2) is 11.6 Å². The average Bonchev–Trinajstić information content (AvgIpc) is 2.14. The van der Waals surface area contributed by atoms with Gasteiger partial charge in [-0.3, -0.25) is 4.99 Å². The van der Waals surface area contributed by atoms with Gasteiger partial charge in [-0.2, -0.15) is 5.26 Å². The van der Waals surface area contributed by atoms with Crippen molar-refractivity contribution in [3.8, 4) is 6.07 Å². The summed E-state index contributed by atoms with van der Waals surface area (Å²) in [6, 6.07) is 1.80. The predicted octanol–water partition coefficient (Wildman–Crippen LogP) is 0.815. The highest BCUT2D eigenvalue weighted by molar-refractivity contribution is 8.14. The second-order valence-electron chi connectivity index (χ2n) is 1.10. The molecule has 0 bridgehead atoms. The zero-order valence-electron chi connectivity index (χ0n) is 3.53. The molecule has 2 nitrogen and oxygen atoms in total. The highest BCUT2D eigenvalue weighted by Gasteiger charge is 2.07. The van der Waals surface area contributed by atoms with Gasteiger partial charge in [0.2, 0.25) is 0 Å². The largest absolute Gasteiger partial charge is 0.267 e. The van der Waals surface area contributed by atoms with Gasteiger partial charge in [0.25, 0.3) is 0 Å². The number of nitrogens with zero attached hydrogens (tertiary/aromatic N) is 2. The number of hydrogen-bond acceptors (Lipinski definition) is 3. The normalized spacial score (nSPS) is 27.6. The molecule has 0 amide bonds. The van der Waals surface area contributed by atoms with E-state index in [0.717, 1.165) is 0 Å². The average molecular weight is 111 g/mol. The zero-order valence-corrected chi connectivity index (χ0v) is 4.35. The highest BCUT2D eigenvalue weighted by atomic mass is 32.2. The fraction of sp³-hybridized carbons (Fsp3) is 0.250. The van der Waals surface area contributed by atoms with Crippen LogP contribution in [0.5, 0.6) is 0 Å². The quantitative estimate of drug-likeness (QED) is 0.464. The molecule has 1 atom stereocenters. The van der Waals surface area contributed by atoms with E-state index in [1.807, 2.05) is 6.07 Å². The summed E-state index contributed by atoms with van der Waals surface area (Å²) in [4.78, 5) is 3.78. The minimum Gasteiger partial charge on any atom is -0.267 e. The molecule has 0 fully saturated rings. The van der Waals surface area contributed by atoms with E-state index in [9.17, 15) is 0 Å². The monoisotopic (exact) mass is 111 g/mol. The van der Waals surface area contributed by atoms with Gasteiger partial charge in [-0.1, -0.05) is 0 Å². The van der Waals surface area contributed by atoms with Crippen molar-refractivity contribution < 1.29 is 0 Å². The number of rotatable bonds is 0. The molecule has 7 heavy (non-hydrogen) atoms. The Bertz CT molecular complexity index is 124. The summed E-state index contributed by atoms with van der Waals surface area (Å²) < 4.78 is 0. The first-order valence-corrected chi connectivity index (χ1v) is 2.78. The van der Waals surface area contributed by atoms with Crippen molar-refractivity contribution in [2.75, 3.05) is 0 Å². The number of hydrogen-bond donors (Lipinski definition) is 0. The molecule has 1 rings (SSSR count). The van der Waals surface area contributed by atoms with E-state index >= 15 is 0 Å². The van der Waals surface area contributed by atoms with Crippen LogP contribution in [0.25, 0.3) is 0 Å². The lowest BCUT2D eigenvalue weighted by molar-refractivity contribution is 1.04. The van der Waals surface area contributed by atoms with E-state index in [2.05, 4.69) is 4.99 Å². The van der Waals surface area contributed by atoms with E-state index in [0.29, 0.717) is 0 Å². The van der Waals surface area contributed by atoms with Gasteiger partial charge < -0.3 is 0 Å². The van der Waals surface area contributed by atoms with E-state index in [4.69, 9.17) is 5.26 Å². The smallest absolute Gasteiger partial charge is 0.150 e. The van der Waals surface area contributed by atoms with Gasteiger partial charge >= 0.3 is 0 Å². The molecule has 1 aliphatic heterocycles. The van der Waals surface area contributed by atoms with Gasteiger partial charge in [0.1, 0.15) is 0 Å². The summed E-state index contributed by atoms with van der Waals surface area (Å²) >= 11 is 1.47. The predicted molar refractivity (Wildman–Crippen MR) is 29.8 cm³/mol. The maximum atomic E-state index is 8.16. The van der Waals surface area contributed by atoms with Gasteiger partial charge in [-0.15, -0.1) is 11.8 Å². The SMILES string of the molecule is N#CC1[CH]SC=N1. The molecule has 1 unspecified atom stereocenters. The second-order valence-corrected chi connectivity index (χ2v) is 1.86. The first kappa shape index (κ1) is 4.66. The molecule has 0 saturated carbocycles. The fourth-order valence-electron chi connectivity index (χ4n) is 0.309. The summed E-state index contributed by atoms with van der Waals surface area (Å²) in [5.74, 6) is 1.79. The molecule has 0 aromatic carbocycles. The van der Waals surface area contributed by atoms with Crippen LogP contribution in [0.1, 0.15) is 0 Å². The Morgan fingerprint density at radius 2 is 2.71 bits per heavy atom. The summed E-state index contributed by atoms with van der Waals surface area (Å²) in [5, 5.41) is 8.16. The van der Waals surface area contributed by atoms with Crippen molar-refractivity contribution in [3.63, 3.8) is 0 Å². The zero-order chi connectivity index (χ0) is 5.11. The molecule has 0 aliphatic carbocycles. The van der Waals surface area contributed by atoms with Gasteiger partial charge in [-0.05, 0) is 0 Å². The molecule has 3 heteroatoms. The maximum Gasteiger partial charge on any atom is 0.150 e. The van der Waals surface area contributed by atoms with Gasteiger partial charge in [0.05, 0.1) is 17.4 Å². The summed E-state index contributed by atoms with van der Waals surface area (Å²) in [6.07, 6.45) is 0. The van der Waals surface area contributed by atoms with Crippen LogP contribution in [0.3, 0.4) is 0 Å². The van der Waals surface area contributed by atoms with Gasteiger partial charge in [-0.25, -0.2) is 0 Å². The summed E-state index contributed by atoms with van der Waals surface area (Å²) in [6.45, 7) is 0. The lowest BCUT2D eigenvalue weighted by Gasteiger charge is -1.83. The van der Waals surface area contributed by atoms with Crippen molar-refractivity contribution in [2.45, 2.75) is 6.04 Å². The van der Waals surface area contributed by atoms with Crippen molar-refractivity contribution in [3.05, 3.63) is 5.75 Å². The van der Waals surface area contributed by atoms with Crippen LogP contribution in [0, 0.1) is 17.1 Å². The number of aliphatic imine (C=N–C) groups is 1. The van der Waals surface area contributed by atoms with Crippen LogP contribution in [0.15, 0.2) is 4.99 Å². The van der Waals surface area contributed by atoms with Crippen molar-refractivity contribution in [2.24, 2.45) is 4.99 Å². The first-order valence-electron chi connectivity index (χ1n) is 1.83. The Morgan fingerprint density at radius 1 is 1.86 bits per heavy atom. The summed E-state index contributed by atoms with van der Waals surface area (Å²) in [7, 11) is 0. The third-order valence-electron chi connectivity index (χ3n) is 0.622. The van der Waals surface area contributed by atoms with Crippen molar-refractivity contribution in [1.82, 2.24) is 0 Å². The number of thioether (sulfide) groups is 1. The Hall–Kier alpha value is -0.490. The molecule has 0 aromatic heterocycles. The lowest BCUT2D eigenvalue weighted by Crippen LogP contribution is -1.90. The van der Waals surface area contributed by atoms with E-state index in [-0.39, 0.29) is 6.04 Å². The fourth-order valence-corrected chi connectivity index (χ4v) is 0.861. The number of nitriles is 1. The molecule has 1 heterocycles. The first-order chi connectivity index (χ1) is 3.43. The highest BCUT2D eigenvalue weighted by Crippen LogP contribution is 2.14. The third kappa shape index (κ3) is 0.937.